The number of amides is 1. The molecule has 0 aliphatic heterocycles. The summed E-state index contributed by atoms with van der Waals surface area (Å²) < 4.78 is 7.27. The zero-order chi connectivity index (χ0) is 17.8. The molecular weight excluding hydrogens is 338 g/mol. The standard InChI is InChI=1S/C19H18ClN3O2/c1-13-10-15(20)8-9-17(13)25-12-19(24)21-18-11-14(2)22-23(18)16-6-4-3-5-7-16/h3-11H,12H2,1-2H3,(H,21,24). The average Bonchev–Trinajstić information content (AvgIpc) is 2.95. The van der Waals surface area contributed by atoms with Gasteiger partial charge in [-0.25, -0.2) is 4.68 Å². The predicted molar refractivity (Wildman–Crippen MR) is 98.6 cm³/mol. The van der Waals surface area contributed by atoms with Crippen molar-refractivity contribution in [2.24, 2.45) is 0 Å². The minimum atomic E-state index is -0.258. The summed E-state index contributed by atoms with van der Waals surface area (Å²) in [4.78, 5) is 12.3. The summed E-state index contributed by atoms with van der Waals surface area (Å²) in [7, 11) is 0. The number of hydrogen-bond acceptors (Lipinski definition) is 3. The Balaban J connectivity index is 1.69. The molecule has 0 aliphatic rings. The highest BCUT2D eigenvalue weighted by molar-refractivity contribution is 6.30. The van der Waals surface area contributed by atoms with Gasteiger partial charge >= 0.3 is 0 Å². The Bertz CT molecular complexity index is 891. The van der Waals surface area contributed by atoms with Gasteiger partial charge in [-0.05, 0) is 49.7 Å². The SMILES string of the molecule is Cc1cc(NC(=O)COc2ccc(Cl)cc2C)n(-c2ccccc2)n1. The molecule has 0 bridgehead atoms. The van der Waals surface area contributed by atoms with Crippen molar-refractivity contribution >= 4 is 23.3 Å². The number of carbonyl (C=O) groups is 1. The fourth-order valence-electron chi connectivity index (χ4n) is 2.45. The van der Waals surface area contributed by atoms with E-state index >= 15 is 0 Å². The van der Waals surface area contributed by atoms with Crippen molar-refractivity contribution in [3.63, 3.8) is 0 Å². The van der Waals surface area contributed by atoms with Crippen molar-refractivity contribution in [1.82, 2.24) is 9.78 Å². The molecule has 0 fully saturated rings. The molecule has 25 heavy (non-hydrogen) atoms. The van der Waals surface area contributed by atoms with Gasteiger partial charge in [0.2, 0.25) is 0 Å². The molecule has 3 aromatic rings. The van der Waals surface area contributed by atoms with E-state index in [1.165, 1.54) is 0 Å². The number of halogens is 1. The largest absolute Gasteiger partial charge is 0.483 e. The number of anilines is 1. The molecular formula is C19H18ClN3O2. The Morgan fingerprint density at radius 1 is 1.16 bits per heavy atom. The third-order valence-electron chi connectivity index (χ3n) is 3.60. The number of ether oxygens (including phenoxy) is 1. The van der Waals surface area contributed by atoms with Crippen molar-refractivity contribution in [3.8, 4) is 11.4 Å². The summed E-state index contributed by atoms with van der Waals surface area (Å²) in [5.74, 6) is 0.976. The maximum atomic E-state index is 12.3. The van der Waals surface area contributed by atoms with Gasteiger partial charge in [0.15, 0.2) is 6.61 Å². The number of nitrogens with zero attached hydrogens (tertiary/aromatic N) is 2. The maximum Gasteiger partial charge on any atom is 0.263 e. The molecule has 0 radical (unpaired) electrons. The van der Waals surface area contributed by atoms with Gasteiger partial charge in [-0.2, -0.15) is 5.10 Å². The third kappa shape index (κ3) is 4.19. The van der Waals surface area contributed by atoms with Crippen LogP contribution in [0.2, 0.25) is 5.02 Å². The van der Waals surface area contributed by atoms with Crippen LogP contribution >= 0.6 is 11.6 Å². The lowest BCUT2D eigenvalue weighted by atomic mass is 10.2. The van der Waals surface area contributed by atoms with Gasteiger partial charge in [0.1, 0.15) is 11.6 Å². The van der Waals surface area contributed by atoms with Crippen molar-refractivity contribution < 1.29 is 9.53 Å². The molecule has 0 unspecified atom stereocenters. The van der Waals surface area contributed by atoms with E-state index in [4.69, 9.17) is 16.3 Å². The molecule has 1 aromatic heterocycles. The first-order valence-electron chi connectivity index (χ1n) is 7.84. The molecule has 0 saturated carbocycles. The topological polar surface area (TPSA) is 56.1 Å². The van der Waals surface area contributed by atoms with Gasteiger partial charge < -0.3 is 10.1 Å². The molecule has 0 spiro atoms. The first-order valence-corrected chi connectivity index (χ1v) is 8.21. The number of para-hydroxylation sites is 1. The van der Waals surface area contributed by atoms with Gasteiger partial charge in [0, 0.05) is 11.1 Å². The summed E-state index contributed by atoms with van der Waals surface area (Å²) in [6.45, 7) is 3.66. The number of hydrogen-bond donors (Lipinski definition) is 1. The van der Waals surface area contributed by atoms with Crippen molar-refractivity contribution in [2.75, 3.05) is 11.9 Å². The Morgan fingerprint density at radius 3 is 2.64 bits per heavy atom. The number of nitrogens with one attached hydrogen (secondary N) is 1. The Kier molecular flexibility index (Phi) is 5.05. The van der Waals surface area contributed by atoms with Gasteiger partial charge in [0.25, 0.3) is 5.91 Å². The third-order valence-corrected chi connectivity index (χ3v) is 3.83. The summed E-state index contributed by atoms with van der Waals surface area (Å²) in [6, 6.07) is 16.7. The molecule has 3 rings (SSSR count). The molecule has 1 amide bonds. The normalized spacial score (nSPS) is 10.5. The first kappa shape index (κ1) is 17.0. The summed E-state index contributed by atoms with van der Waals surface area (Å²) in [5, 5.41) is 7.90. The quantitative estimate of drug-likeness (QED) is 0.747. The second-order valence-electron chi connectivity index (χ2n) is 5.66. The summed E-state index contributed by atoms with van der Waals surface area (Å²) in [5.41, 5.74) is 2.57. The Morgan fingerprint density at radius 2 is 1.92 bits per heavy atom. The highest BCUT2D eigenvalue weighted by Gasteiger charge is 2.12. The lowest BCUT2D eigenvalue weighted by Crippen LogP contribution is -2.22. The summed E-state index contributed by atoms with van der Waals surface area (Å²) in [6.07, 6.45) is 0. The second-order valence-corrected chi connectivity index (χ2v) is 6.10. The van der Waals surface area contributed by atoms with Crippen molar-refractivity contribution in [3.05, 3.63) is 70.9 Å². The summed E-state index contributed by atoms with van der Waals surface area (Å²) >= 11 is 5.92. The molecule has 6 heteroatoms. The molecule has 5 nitrogen and oxygen atoms in total. The maximum absolute atomic E-state index is 12.3. The molecule has 0 atom stereocenters. The van der Waals surface area contributed by atoms with Crippen LogP contribution in [-0.4, -0.2) is 22.3 Å². The minimum absolute atomic E-state index is 0.0957. The molecule has 2 aromatic carbocycles. The van der Waals surface area contributed by atoms with Gasteiger partial charge in [-0.15, -0.1) is 0 Å². The van der Waals surface area contributed by atoms with Crippen LogP contribution in [0.4, 0.5) is 5.82 Å². The zero-order valence-electron chi connectivity index (χ0n) is 14.0. The van der Waals surface area contributed by atoms with Crippen LogP contribution in [0.15, 0.2) is 54.6 Å². The first-order chi connectivity index (χ1) is 12.0. The van der Waals surface area contributed by atoms with Crippen LogP contribution in [0.3, 0.4) is 0 Å². The Hall–Kier alpha value is -2.79. The van der Waals surface area contributed by atoms with Gasteiger partial charge in [-0.1, -0.05) is 29.8 Å². The van der Waals surface area contributed by atoms with E-state index < -0.39 is 0 Å². The monoisotopic (exact) mass is 355 g/mol. The Labute approximate surface area is 151 Å². The number of rotatable bonds is 5. The van der Waals surface area contributed by atoms with E-state index in [0.29, 0.717) is 16.6 Å². The predicted octanol–water partition coefficient (Wildman–Crippen LogP) is 4.16. The van der Waals surface area contributed by atoms with E-state index in [9.17, 15) is 4.79 Å². The van der Waals surface area contributed by atoms with Crippen LogP contribution in [-0.2, 0) is 4.79 Å². The minimum Gasteiger partial charge on any atom is -0.483 e. The van der Waals surface area contributed by atoms with E-state index in [2.05, 4.69) is 10.4 Å². The van der Waals surface area contributed by atoms with Crippen LogP contribution in [0, 0.1) is 13.8 Å². The molecule has 1 N–H and O–H groups in total. The lowest BCUT2D eigenvalue weighted by Gasteiger charge is -2.11. The average molecular weight is 356 g/mol. The van der Waals surface area contributed by atoms with E-state index in [-0.39, 0.29) is 12.5 Å². The number of aromatic nitrogens is 2. The van der Waals surface area contributed by atoms with Crippen LogP contribution < -0.4 is 10.1 Å². The molecule has 0 aliphatic carbocycles. The smallest absolute Gasteiger partial charge is 0.263 e. The van der Waals surface area contributed by atoms with Gasteiger partial charge in [0.05, 0.1) is 11.4 Å². The van der Waals surface area contributed by atoms with Crippen LogP contribution in [0.25, 0.3) is 5.69 Å². The fourth-order valence-corrected chi connectivity index (χ4v) is 2.68. The zero-order valence-corrected chi connectivity index (χ0v) is 14.7. The van der Waals surface area contributed by atoms with E-state index in [0.717, 1.165) is 16.9 Å². The lowest BCUT2D eigenvalue weighted by molar-refractivity contribution is -0.118. The molecule has 128 valence electrons. The molecule has 1 heterocycles. The second kappa shape index (κ2) is 7.40. The van der Waals surface area contributed by atoms with Crippen LogP contribution in [0.1, 0.15) is 11.3 Å². The highest BCUT2D eigenvalue weighted by atomic mass is 35.5. The number of benzene rings is 2. The highest BCUT2D eigenvalue weighted by Crippen LogP contribution is 2.22. The van der Waals surface area contributed by atoms with Crippen molar-refractivity contribution in [2.45, 2.75) is 13.8 Å². The molecule has 0 saturated heterocycles. The van der Waals surface area contributed by atoms with Crippen molar-refractivity contribution in [1.29, 1.82) is 0 Å². The number of carbonyl (C=O) groups excluding carboxylic acids is 1. The van der Waals surface area contributed by atoms with E-state index in [1.807, 2.05) is 50.2 Å². The fraction of sp³-hybridized carbons (Fsp3) is 0.158. The van der Waals surface area contributed by atoms with Gasteiger partial charge in [-0.3, -0.25) is 4.79 Å². The van der Waals surface area contributed by atoms with E-state index in [1.54, 1.807) is 22.9 Å². The number of aryl methyl sites for hydroxylation is 2. The van der Waals surface area contributed by atoms with Crippen LogP contribution in [0.5, 0.6) is 5.75 Å².